The number of nitro benzene ring substituents is 1. The van der Waals surface area contributed by atoms with Crippen molar-refractivity contribution in [1.82, 2.24) is 0 Å². The summed E-state index contributed by atoms with van der Waals surface area (Å²) in [6, 6.07) is 9.78. The number of carbonyl (C=O) groups excluding carboxylic acids is 1. The average molecular weight is 361 g/mol. The van der Waals surface area contributed by atoms with Crippen LogP contribution >= 0.6 is 11.6 Å². The molecule has 7 heteroatoms. The maximum Gasteiger partial charge on any atom is 0.271 e. The molecule has 1 aliphatic carbocycles. The third kappa shape index (κ3) is 3.91. The van der Waals surface area contributed by atoms with Crippen molar-refractivity contribution in [1.29, 1.82) is 0 Å². The molecule has 0 heterocycles. The van der Waals surface area contributed by atoms with E-state index >= 15 is 0 Å². The van der Waals surface area contributed by atoms with Crippen LogP contribution in [0.5, 0.6) is 5.75 Å². The zero-order valence-corrected chi connectivity index (χ0v) is 14.4. The number of nitro groups is 1. The fourth-order valence-corrected chi connectivity index (χ4v) is 3.06. The summed E-state index contributed by atoms with van der Waals surface area (Å²) in [6.07, 6.45) is 2.46. The molecule has 3 rings (SSSR count). The molecule has 6 nitrogen and oxygen atoms in total. The summed E-state index contributed by atoms with van der Waals surface area (Å²) in [5.74, 6) is -0.0868. The smallest absolute Gasteiger partial charge is 0.271 e. The molecule has 0 saturated carbocycles. The molecule has 0 radical (unpaired) electrons. The highest BCUT2D eigenvalue weighted by molar-refractivity contribution is 6.32. The molecule has 0 aliphatic heterocycles. The summed E-state index contributed by atoms with van der Waals surface area (Å²) >= 11 is 5.99. The van der Waals surface area contributed by atoms with E-state index in [1.54, 1.807) is 6.92 Å². The number of fused-ring (bicyclic) bond motifs is 1. The summed E-state index contributed by atoms with van der Waals surface area (Å²) in [5, 5.41) is 13.6. The van der Waals surface area contributed by atoms with E-state index in [4.69, 9.17) is 16.3 Å². The second-order valence-corrected chi connectivity index (χ2v) is 6.37. The van der Waals surface area contributed by atoms with Crippen LogP contribution in [-0.2, 0) is 17.6 Å². The lowest BCUT2D eigenvalue weighted by Crippen LogP contribution is -2.30. The van der Waals surface area contributed by atoms with E-state index in [0.717, 1.165) is 24.9 Å². The van der Waals surface area contributed by atoms with Crippen molar-refractivity contribution in [2.24, 2.45) is 0 Å². The molecule has 0 fully saturated rings. The van der Waals surface area contributed by atoms with Gasteiger partial charge in [0, 0.05) is 17.8 Å². The molecular weight excluding hydrogens is 344 g/mol. The predicted octanol–water partition coefficient (Wildman–Crippen LogP) is 4.14. The second-order valence-electron chi connectivity index (χ2n) is 5.96. The first-order valence-electron chi connectivity index (χ1n) is 7.97. The van der Waals surface area contributed by atoms with E-state index < -0.39 is 11.0 Å². The summed E-state index contributed by atoms with van der Waals surface area (Å²) in [7, 11) is 0. The maximum absolute atomic E-state index is 12.3. The number of amides is 1. The zero-order chi connectivity index (χ0) is 18.0. The largest absolute Gasteiger partial charge is 0.479 e. The second kappa shape index (κ2) is 7.11. The van der Waals surface area contributed by atoms with E-state index in [1.807, 2.05) is 18.2 Å². The standard InChI is InChI=1S/C18H17ClN2O4/c1-11(25-17-8-7-15(21(23)24)10-16(17)19)18(22)20-14-6-5-12-3-2-4-13(12)9-14/h5-11H,2-4H2,1H3,(H,20,22)/t11-/m0/s1. The van der Waals surface area contributed by atoms with Crippen molar-refractivity contribution in [3.05, 3.63) is 62.7 Å². The number of nitrogens with zero attached hydrogens (tertiary/aromatic N) is 1. The number of carbonyl (C=O) groups is 1. The van der Waals surface area contributed by atoms with Crippen LogP contribution in [0, 0.1) is 10.1 Å². The monoisotopic (exact) mass is 360 g/mol. The summed E-state index contributed by atoms with van der Waals surface area (Å²) in [4.78, 5) is 22.5. The minimum atomic E-state index is -0.799. The molecule has 0 aromatic heterocycles. The molecule has 130 valence electrons. The van der Waals surface area contributed by atoms with Crippen molar-refractivity contribution in [3.8, 4) is 5.75 Å². The van der Waals surface area contributed by atoms with Crippen LogP contribution in [0.4, 0.5) is 11.4 Å². The van der Waals surface area contributed by atoms with Gasteiger partial charge in [-0.3, -0.25) is 14.9 Å². The Hall–Kier alpha value is -2.60. The molecule has 1 atom stereocenters. The van der Waals surface area contributed by atoms with Crippen molar-refractivity contribution in [3.63, 3.8) is 0 Å². The fourth-order valence-electron chi connectivity index (χ4n) is 2.84. The Bertz CT molecular complexity index is 838. The van der Waals surface area contributed by atoms with Gasteiger partial charge in [0.05, 0.1) is 9.95 Å². The van der Waals surface area contributed by atoms with E-state index in [9.17, 15) is 14.9 Å². The first-order valence-corrected chi connectivity index (χ1v) is 8.35. The minimum absolute atomic E-state index is 0.0892. The van der Waals surface area contributed by atoms with E-state index in [1.165, 1.54) is 29.3 Å². The molecule has 0 bridgehead atoms. The topological polar surface area (TPSA) is 81.5 Å². The van der Waals surface area contributed by atoms with Gasteiger partial charge in [0.15, 0.2) is 6.10 Å². The summed E-state index contributed by atoms with van der Waals surface area (Å²) in [5.41, 5.74) is 3.20. The third-order valence-corrected chi connectivity index (χ3v) is 4.46. The number of nitrogens with one attached hydrogen (secondary N) is 1. The molecule has 2 aromatic carbocycles. The van der Waals surface area contributed by atoms with Crippen LogP contribution in [0.1, 0.15) is 24.5 Å². The van der Waals surface area contributed by atoms with Crippen LogP contribution in [-0.4, -0.2) is 16.9 Å². The Labute approximate surface area is 149 Å². The van der Waals surface area contributed by atoms with Crippen molar-refractivity contribution < 1.29 is 14.5 Å². The van der Waals surface area contributed by atoms with E-state index in [0.29, 0.717) is 0 Å². The van der Waals surface area contributed by atoms with Gasteiger partial charge in [0.25, 0.3) is 11.6 Å². The highest BCUT2D eigenvalue weighted by Crippen LogP contribution is 2.30. The molecule has 2 aromatic rings. The molecule has 1 aliphatic rings. The van der Waals surface area contributed by atoms with Crippen LogP contribution in [0.15, 0.2) is 36.4 Å². The van der Waals surface area contributed by atoms with Crippen LogP contribution in [0.25, 0.3) is 0 Å². The number of anilines is 1. The molecule has 1 amide bonds. The average Bonchev–Trinajstić information content (AvgIpc) is 3.04. The van der Waals surface area contributed by atoms with Crippen molar-refractivity contribution in [2.45, 2.75) is 32.3 Å². The van der Waals surface area contributed by atoms with Crippen molar-refractivity contribution >= 4 is 28.9 Å². The number of benzene rings is 2. The maximum atomic E-state index is 12.3. The predicted molar refractivity (Wildman–Crippen MR) is 95.3 cm³/mol. The molecule has 0 spiro atoms. The molecule has 1 N–H and O–H groups in total. The zero-order valence-electron chi connectivity index (χ0n) is 13.6. The van der Waals surface area contributed by atoms with Gasteiger partial charge in [-0.05, 0) is 55.5 Å². The van der Waals surface area contributed by atoms with Gasteiger partial charge >= 0.3 is 0 Å². The lowest BCUT2D eigenvalue weighted by atomic mass is 10.1. The fraction of sp³-hybridized carbons (Fsp3) is 0.278. The number of rotatable bonds is 5. The van der Waals surface area contributed by atoms with Crippen LogP contribution in [0.2, 0.25) is 5.02 Å². The van der Waals surface area contributed by atoms with Crippen LogP contribution < -0.4 is 10.1 Å². The van der Waals surface area contributed by atoms with E-state index in [2.05, 4.69) is 5.32 Å². The quantitative estimate of drug-likeness (QED) is 0.641. The number of hydrogen-bond donors (Lipinski definition) is 1. The Kier molecular flexibility index (Phi) is 4.90. The number of hydrogen-bond acceptors (Lipinski definition) is 4. The summed E-state index contributed by atoms with van der Waals surface area (Å²) in [6.45, 7) is 1.60. The summed E-state index contributed by atoms with van der Waals surface area (Å²) < 4.78 is 5.54. The first kappa shape index (κ1) is 17.2. The number of ether oxygens (including phenoxy) is 1. The number of non-ortho nitro benzene ring substituents is 1. The molecule has 0 unspecified atom stereocenters. The normalized spacial score (nSPS) is 13.8. The molecule has 25 heavy (non-hydrogen) atoms. The van der Waals surface area contributed by atoms with Crippen LogP contribution in [0.3, 0.4) is 0 Å². The van der Waals surface area contributed by atoms with Gasteiger partial charge in [0.1, 0.15) is 5.75 Å². The highest BCUT2D eigenvalue weighted by Gasteiger charge is 2.19. The lowest BCUT2D eigenvalue weighted by molar-refractivity contribution is -0.384. The molecule has 0 saturated heterocycles. The van der Waals surface area contributed by atoms with Gasteiger partial charge in [-0.2, -0.15) is 0 Å². The Morgan fingerprint density at radius 3 is 2.72 bits per heavy atom. The highest BCUT2D eigenvalue weighted by atomic mass is 35.5. The molecular formula is C18H17ClN2O4. The van der Waals surface area contributed by atoms with Gasteiger partial charge in [-0.15, -0.1) is 0 Å². The van der Waals surface area contributed by atoms with Gasteiger partial charge < -0.3 is 10.1 Å². The number of halogens is 1. The lowest BCUT2D eigenvalue weighted by Gasteiger charge is -2.16. The van der Waals surface area contributed by atoms with Crippen molar-refractivity contribution in [2.75, 3.05) is 5.32 Å². The SMILES string of the molecule is C[C@H](Oc1ccc([N+](=O)[O-])cc1Cl)C(=O)Nc1ccc2c(c1)CCC2. The Morgan fingerprint density at radius 1 is 1.24 bits per heavy atom. The minimum Gasteiger partial charge on any atom is -0.479 e. The first-order chi connectivity index (χ1) is 11.9. The van der Waals surface area contributed by atoms with Gasteiger partial charge in [0.2, 0.25) is 0 Å². The Morgan fingerprint density at radius 2 is 2.00 bits per heavy atom. The number of aryl methyl sites for hydroxylation is 2. The van der Waals surface area contributed by atoms with E-state index in [-0.39, 0.29) is 22.4 Å². The Balaban J connectivity index is 1.65. The van der Waals surface area contributed by atoms with Gasteiger partial charge in [-0.25, -0.2) is 0 Å². The van der Waals surface area contributed by atoms with Gasteiger partial charge in [-0.1, -0.05) is 17.7 Å². The third-order valence-electron chi connectivity index (χ3n) is 4.17.